The van der Waals surface area contributed by atoms with E-state index in [9.17, 15) is 0 Å². The van der Waals surface area contributed by atoms with Crippen molar-refractivity contribution in [2.45, 2.75) is 15.3 Å². The van der Waals surface area contributed by atoms with E-state index < -0.39 is 5.54 Å². The van der Waals surface area contributed by atoms with Crippen LogP contribution in [0.25, 0.3) is 77.2 Å². The van der Waals surface area contributed by atoms with Crippen LogP contribution in [-0.4, -0.2) is 9.13 Å². The topological polar surface area (TPSA) is 13.1 Å². The molecule has 0 fully saturated rings. The van der Waals surface area contributed by atoms with E-state index in [-0.39, 0.29) is 0 Å². The minimum atomic E-state index is -0.701. The largest absolute Gasteiger partial charge is 0.322 e. The Morgan fingerprint density at radius 3 is 1.52 bits per heavy atom. The molecule has 1 aliphatic carbocycles. The van der Waals surface area contributed by atoms with E-state index in [0.717, 1.165) is 11.4 Å². The van der Waals surface area contributed by atoms with Gasteiger partial charge in [0, 0.05) is 54.0 Å². The van der Waals surface area contributed by atoms with Gasteiger partial charge in [-0.05, 0) is 112 Å². The summed E-state index contributed by atoms with van der Waals surface area (Å²) in [6, 6.07) is 87.8. The Labute approximate surface area is 381 Å². The van der Waals surface area contributed by atoms with Gasteiger partial charge >= 0.3 is 0 Å². The van der Waals surface area contributed by atoms with Crippen LogP contribution in [0.4, 0.5) is 11.4 Å². The summed E-state index contributed by atoms with van der Waals surface area (Å²) in [6.45, 7) is 0. The first-order chi connectivity index (χ1) is 32.3. The van der Waals surface area contributed by atoms with Crippen molar-refractivity contribution in [3.8, 4) is 33.6 Å². The fraction of sp³-hybridized carbons (Fsp3) is 0.0164. The number of benzene rings is 10. The second kappa shape index (κ2) is 14.0. The van der Waals surface area contributed by atoms with Gasteiger partial charge in [-0.25, -0.2) is 0 Å². The first kappa shape index (κ1) is 36.4. The predicted octanol–water partition coefficient (Wildman–Crippen LogP) is 16.1. The third kappa shape index (κ3) is 5.14. The van der Waals surface area contributed by atoms with E-state index in [2.05, 4.69) is 251 Å². The van der Waals surface area contributed by atoms with Crippen LogP contribution in [0.2, 0.25) is 0 Å². The van der Waals surface area contributed by atoms with E-state index in [0.29, 0.717) is 0 Å². The molecule has 0 N–H and O–H groups in total. The smallest absolute Gasteiger partial charge is 0.123 e. The number of aromatic nitrogens is 2. The molecular formula is C61H39N3S. The average Bonchev–Trinajstić information content (AvgIpc) is 3.96. The van der Waals surface area contributed by atoms with Crippen LogP contribution in [0.3, 0.4) is 0 Å². The summed E-state index contributed by atoms with van der Waals surface area (Å²) in [7, 11) is 0. The maximum absolute atomic E-state index is 2.66. The molecule has 12 aromatic rings. The van der Waals surface area contributed by atoms with Gasteiger partial charge in [0.25, 0.3) is 0 Å². The molecule has 2 aromatic heterocycles. The van der Waals surface area contributed by atoms with Gasteiger partial charge < -0.3 is 14.0 Å². The van der Waals surface area contributed by atoms with Gasteiger partial charge in [-0.15, -0.1) is 0 Å². The van der Waals surface area contributed by atoms with Gasteiger partial charge in [-0.2, -0.15) is 0 Å². The van der Waals surface area contributed by atoms with Crippen molar-refractivity contribution in [1.82, 2.24) is 9.13 Å². The molecule has 0 atom stereocenters. The molecule has 65 heavy (non-hydrogen) atoms. The lowest BCUT2D eigenvalue weighted by atomic mass is 9.77. The van der Waals surface area contributed by atoms with Crippen molar-refractivity contribution < 1.29 is 0 Å². The van der Waals surface area contributed by atoms with Crippen LogP contribution in [0.1, 0.15) is 16.7 Å². The molecule has 0 saturated heterocycles. The highest BCUT2D eigenvalue weighted by molar-refractivity contribution is 7.99. The molecule has 14 rings (SSSR count). The predicted molar refractivity (Wildman–Crippen MR) is 271 cm³/mol. The zero-order chi connectivity index (χ0) is 42.6. The molecule has 0 amide bonds. The molecule has 1 aliphatic heterocycles. The molecule has 0 bridgehead atoms. The second-order valence-corrected chi connectivity index (χ2v) is 18.3. The monoisotopic (exact) mass is 845 g/mol. The second-order valence-electron chi connectivity index (χ2n) is 17.2. The van der Waals surface area contributed by atoms with Crippen molar-refractivity contribution in [1.29, 1.82) is 0 Å². The summed E-state index contributed by atoms with van der Waals surface area (Å²) in [4.78, 5) is 5.12. The summed E-state index contributed by atoms with van der Waals surface area (Å²) < 4.78 is 4.83. The van der Waals surface area contributed by atoms with E-state index in [1.54, 1.807) is 0 Å². The van der Waals surface area contributed by atoms with Crippen molar-refractivity contribution in [3.05, 3.63) is 253 Å². The van der Waals surface area contributed by atoms with Gasteiger partial charge in [-0.1, -0.05) is 169 Å². The quantitative estimate of drug-likeness (QED) is 0.175. The van der Waals surface area contributed by atoms with E-state index in [4.69, 9.17) is 0 Å². The minimum absolute atomic E-state index is 0.701. The van der Waals surface area contributed by atoms with Crippen LogP contribution >= 0.6 is 11.8 Å². The third-order valence-electron chi connectivity index (χ3n) is 13.9. The molecule has 2 aliphatic rings. The third-order valence-corrected chi connectivity index (χ3v) is 15.0. The number of anilines is 2. The van der Waals surface area contributed by atoms with E-state index >= 15 is 0 Å². The van der Waals surface area contributed by atoms with Gasteiger partial charge in [0.1, 0.15) is 5.54 Å². The standard InChI is InChI=1S/C61H39N3S/c1-2-17-42(18-3-1)62-56-30-13-8-25-49(56)50-37-40(34-36-57(50)62)41-33-35-53-60(38-41)65-59-32-15-14-31-58(59)64(61(53)51-26-9-4-21-45(51)46-22-5-10-27-52(46)61)44-20-16-19-43(39-44)63-54-28-11-6-23-47(54)48-24-7-12-29-55(48)63/h1-39H. The lowest BCUT2D eigenvalue weighted by Gasteiger charge is -2.45. The highest BCUT2D eigenvalue weighted by Gasteiger charge is 2.52. The number of fused-ring (bicyclic) bond motifs is 14. The summed E-state index contributed by atoms with van der Waals surface area (Å²) in [5.41, 5.74) is 17.5. The summed E-state index contributed by atoms with van der Waals surface area (Å²) in [5, 5.41) is 5.01. The van der Waals surface area contributed by atoms with Gasteiger partial charge in [0.15, 0.2) is 0 Å². The number of hydrogen-bond acceptors (Lipinski definition) is 2. The maximum Gasteiger partial charge on any atom is 0.123 e. The number of hydrogen-bond donors (Lipinski definition) is 0. The summed E-state index contributed by atoms with van der Waals surface area (Å²) in [5.74, 6) is 0. The lowest BCUT2D eigenvalue weighted by Crippen LogP contribution is -2.44. The Balaban J connectivity index is 1.02. The molecule has 10 aromatic carbocycles. The normalized spacial score (nSPS) is 13.6. The molecule has 0 unspecified atom stereocenters. The molecule has 0 radical (unpaired) electrons. The van der Waals surface area contributed by atoms with Crippen molar-refractivity contribution in [3.63, 3.8) is 0 Å². The fourth-order valence-electron chi connectivity index (χ4n) is 11.3. The summed E-state index contributed by atoms with van der Waals surface area (Å²) >= 11 is 1.88. The molecule has 304 valence electrons. The summed E-state index contributed by atoms with van der Waals surface area (Å²) in [6.07, 6.45) is 0. The van der Waals surface area contributed by atoms with Gasteiger partial charge in [0.2, 0.25) is 0 Å². The first-order valence-electron chi connectivity index (χ1n) is 22.3. The zero-order valence-corrected chi connectivity index (χ0v) is 36.1. The first-order valence-corrected chi connectivity index (χ1v) is 23.2. The van der Waals surface area contributed by atoms with Gasteiger partial charge in [0.05, 0.1) is 27.8 Å². The number of nitrogens with zero attached hydrogens (tertiary/aromatic N) is 3. The molecule has 3 nitrogen and oxygen atoms in total. The molecule has 4 heteroatoms. The zero-order valence-electron chi connectivity index (χ0n) is 35.3. The minimum Gasteiger partial charge on any atom is -0.322 e. The Kier molecular flexibility index (Phi) is 7.83. The highest BCUT2D eigenvalue weighted by atomic mass is 32.2. The van der Waals surface area contributed by atoms with Crippen LogP contribution < -0.4 is 4.90 Å². The SMILES string of the molecule is c1ccc(-n2c3ccccc3c3cc(-c4ccc5c(c4)Sc4ccccc4N(c4cccc(-n6c7ccccc7c7ccccc76)c4)C54c5ccccc5-c5ccccc54)ccc32)cc1. The van der Waals surface area contributed by atoms with Crippen molar-refractivity contribution in [2.24, 2.45) is 0 Å². The van der Waals surface area contributed by atoms with Crippen molar-refractivity contribution in [2.75, 3.05) is 4.90 Å². The average molecular weight is 846 g/mol. The number of para-hydroxylation sites is 5. The highest BCUT2D eigenvalue weighted by Crippen LogP contribution is 2.62. The molecule has 3 heterocycles. The Bertz CT molecular complexity index is 3800. The lowest BCUT2D eigenvalue weighted by molar-refractivity contribution is 0.631. The Morgan fingerprint density at radius 2 is 0.815 bits per heavy atom. The van der Waals surface area contributed by atoms with E-state index in [1.807, 2.05) is 11.8 Å². The Morgan fingerprint density at radius 1 is 0.308 bits per heavy atom. The molecule has 1 spiro atoms. The molecular weight excluding hydrogens is 807 g/mol. The molecule has 0 saturated carbocycles. The van der Waals surface area contributed by atoms with Crippen LogP contribution in [-0.2, 0) is 5.54 Å². The van der Waals surface area contributed by atoms with Crippen molar-refractivity contribution >= 4 is 66.7 Å². The van der Waals surface area contributed by atoms with Crippen LogP contribution in [0.15, 0.2) is 246 Å². The van der Waals surface area contributed by atoms with Crippen LogP contribution in [0.5, 0.6) is 0 Å². The van der Waals surface area contributed by atoms with Crippen LogP contribution in [0, 0.1) is 0 Å². The Hall–Kier alpha value is -8.05. The maximum atomic E-state index is 2.66. The fourth-order valence-corrected chi connectivity index (χ4v) is 12.4. The van der Waals surface area contributed by atoms with Gasteiger partial charge in [-0.3, -0.25) is 0 Å². The van der Waals surface area contributed by atoms with E-state index in [1.165, 1.54) is 104 Å². The number of rotatable bonds is 4.